The van der Waals surface area contributed by atoms with Crippen LogP contribution in [0.3, 0.4) is 0 Å². The summed E-state index contributed by atoms with van der Waals surface area (Å²) in [6, 6.07) is 9.36. The number of rotatable bonds is 5. The summed E-state index contributed by atoms with van der Waals surface area (Å²) >= 11 is 0. The average Bonchev–Trinajstić information content (AvgIpc) is 3.13. The van der Waals surface area contributed by atoms with Gasteiger partial charge in [0.1, 0.15) is 0 Å². The van der Waals surface area contributed by atoms with Gasteiger partial charge in [-0.25, -0.2) is 0 Å². The number of nitrogens with zero attached hydrogens (tertiary/aromatic N) is 2. The van der Waals surface area contributed by atoms with Crippen molar-refractivity contribution in [2.24, 2.45) is 0 Å². The Balaban J connectivity index is 0.00000243. The molecule has 2 unspecified atom stereocenters. The van der Waals surface area contributed by atoms with Crippen LogP contribution < -0.4 is 5.32 Å². The Kier molecular flexibility index (Phi) is 7.93. The van der Waals surface area contributed by atoms with Crippen molar-refractivity contribution >= 4 is 18.3 Å². The van der Waals surface area contributed by atoms with Crippen molar-refractivity contribution in [3.63, 3.8) is 0 Å². The molecule has 0 bridgehead atoms. The van der Waals surface area contributed by atoms with Crippen LogP contribution in [0.25, 0.3) is 0 Å². The number of amides is 1. The molecule has 0 spiro atoms. The van der Waals surface area contributed by atoms with E-state index >= 15 is 0 Å². The fraction of sp³-hybridized carbons (Fsp3) is 0.667. The third-order valence-electron chi connectivity index (χ3n) is 5.84. The molecule has 4 nitrogen and oxygen atoms in total. The maximum atomic E-state index is 12.7. The van der Waals surface area contributed by atoms with Crippen molar-refractivity contribution in [3.8, 4) is 0 Å². The zero-order valence-electron chi connectivity index (χ0n) is 16.4. The fourth-order valence-electron chi connectivity index (χ4n) is 4.03. The summed E-state index contributed by atoms with van der Waals surface area (Å²) in [5, 5.41) is 3.41. The highest BCUT2D eigenvalue weighted by atomic mass is 35.5. The van der Waals surface area contributed by atoms with Gasteiger partial charge in [0, 0.05) is 51.7 Å². The van der Waals surface area contributed by atoms with Crippen LogP contribution in [0.1, 0.15) is 56.6 Å². The molecule has 1 amide bonds. The quantitative estimate of drug-likeness (QED) is 0.853. The maximum Gasteiger partial charge on any atom is 0.223 e. The number of benzene rings is 1. The summed E-state index contributed by atoms with van der Waals surface area (Å²) < 4.78 is 0. The molecule has 1 aromatic rings. The molecule has 146 valence electrons. The Bertz CT molecular complexity index is 569. The van der Waals surface area contributed by atoms with Crippen LogP contribution in [0.15, 0.2) is 24.3 Å². The first-order valence-corrected chi connectivity index (χ1v) is 9.87. The van der Waals surface area contributed by atoms with E-state index in [-0.39, 0.29) is 18.3 Å². The topological polar surface area (TPSA) is 35.6 Å². The minimum absolute atomic E-state index is 0. The summed E-state index contributed by atoms with van der Waals surface area (Å²) in [5.41, 5.74) is 2.64. The van der Waals surface area contributed by atoms with Crippen molar-refractivity contribution in [2.75, 3.05) is 39.3 Å². The van der Waals surface area contributed by atoms with Gasteiger partial charge in [-0.3, -0.25) is 9.69 Å². The van der Waals surface area contributed by atoms with Crippen LogP contribution in [0.4, 0.5) is 0 Å². The first-order chi connectivity index (χ1) is 12.0. The van der Waals surface area contributed by atoms with Crippen molar-refractivity contribution < 1.29 is 4.79 Å². The molecule has 2 aliphatic heterocycles. The first kappa shape index (κ1) is 21.2. The number of hydrogen-bond donors (Lipinski definition) is 1. The molecule has 0 aliphatic carbocycles. The fourth-order valence-corrected chi connectivity index (χ4v) is 4.03. The normalized spacial score (nSPS) is 22.3. The number of likely N-dealkylation sites (tertiary alicyclic amines) is 1. The molecule has 2 saturated heterocycles. The second-order valence-electron chi connectivity index (χ2n) is 7.99. The highest BCUT2D eigenvalue weighted by molar-refractivity contribution is 5.85. The molecule has 2 aliphatic rings. The van der Waals surface area contributed by atoms with Gasteiger partial charge < -0.3 is 10.2 Å². The lowest BCUT2D eigenvalue weighted by Gasteiger charge is -2.32. The number of halogens is 1. The van der Waals surface area contributed by atoms with Crippen LogP contribution in [0.5, 0.6) is 0 Å². The molecule has 0 aromatic heterocycles. The minimum atomic E-state index is 0. The highest BCUT2D eigenvalue weighted by Crippen LogP contribution is 2.24. The molecule has 1 N–H and O–H groups in total. The monoisotopic (exact) mass is 379 g/mol. The van der Waals surface area contributed by atoms with Crippen LogP contribution >= 0.6 is 12.4 Å². The summed E-state index contributed by atoms with van der Waals surface area (Å²) in [6.45, 7) is 12.8. The second-order valence-corrected chi connectivity index (χ2v) is 7.99. The summed E-state index contributed by atoms with van der Waals surface area (Å²) in [7, 11) is 0. The number of nitrogens with one attached hydrogen (secondary N) is 1. The standard InChI is InChI=1S/C21H33N3O.ClH/c1-16(2)18-4-6-19(7-5-18)17(3)14-21(25)24-11-8-20(15-24)23-12-9-22-10-13-23;/h4-7,16-17,20,22H,8-15H2,1-3H3;1H. The summed E-state index contributed by atoms with van der Waals surface area (Å²) in [5.74, 6) is 1.16. The molecule has 2 atom stereocenters. The smallest absolute Gasteiger partial charge is 0.223 e. The Labute approximate surface area is 164 Å². The van der Waals surface area contributed by atoms with Gasteiger partial charge in [-0.2, -0.15) is 0 Å². The van der Waals surface area contributed by atoms with Gasteiger partial charge in [-0.1, -0.05) is 45.0 Å². The lowest BCUT2D eigenvalue weighted by atomic mass is 9.94. The lowest BCUT2D eigenvalue weighted by Crippen LogP contribution is -2.49. The van der Waals surface area contributed by atoms with Crippen LogP contribution in [0.2, 0.25) is 0 Å². The molecular formula is C21H34ClN3O. The molecule has 1 aromatic carbocycles. The first-order valence-electron chi connectivity index (χ1n) is 9.87. The summed E-state index contributed by atoms with van der Waals surface area (Å²) in [4.78, 5) is 17.4. The number of hydrogen-bond acceptors (Lipinski definition) is 3. The van der Waals surface area contributed by atoms with Gasteiger partial charge in [0.05, 0.1) is 0 Å². The van der Waals surface area contributed by atoms with Crippen molar-refractivity contribution in [1.29, 1.82) is 0 Å². The lowest BCUT2D eigenvalue weighted by molar-refractivity contribution is -0.130. The number of piperazine rings is 1. The molecule has 2 fully saturated rings. The number of carbonyl (C=O) groups is 1. The largest absolute Gasteiger partial charge is 0.341 e. The van der Waals surface area contributed by atoms with E-state index in [1.54, 1.807) is 0 Å². The summed E-state index contributed by atoms with van der Waals surface area (Å²) in [6.07, 6.45) is 1.75. The third kappa shape index (κ3) is 5.21. The van der Waals surface area contributed by atoms with E-state index < -0.39 is 0 Å². The van der Waals surface area contributed by atoms with Gasteiger partial charge in [0.25, 0.3) is 0 Å². The SMILES string of the molecule is CC(C)c1ccc(C(C)CC(=O)N2CCC(N3CCNCC3)C2)cc1.Cl. The van der Waals surface area contributed by atoms with E-state index in [0.717, 1.165) is 45.7 Å². The van der Waals surface area contributed by atoms with E-state index in [1.165, 1.54) is 11.1 Å². The maximum absolute atomic E-state index is 12.7. The van der Waals surface area contributed by atoms with Gasteiger partial charge in [-0.15, -0.1) is 12.4 Å². The molecule has 3 rings (SSSR count). The van der Waals surface area contributed by atoms with Crippen LogP contribution in [-0.2, 0) is 4.79 Å². The zero-order valence-corrected chi connectivity index (χ0v) is 17.2. The van der Waals surface area contributed by atoms with Crippen LogP contribution in [0, 0.1) is 0 Å². The predicted octanol–water partition coefficient (Wildman–Crippen LogP) is 3.23. The Morgan fingerprint density at radius 2 is 1.69 bits per heavy atom. The van der Waals surface area contributed by atoms with E-state index in [9.17, 15) is 4.79 Å². The van der Waals surface area contributed by atoms with Crippen molar-refractivity contribution in [1.82, 2.24) is 15.1 Å². The Morgan fingerprint density at radius 1 is 1.08 bits per heavy atom. The molecule has 26 heavy (non-hydrogen) atoms. The minimum Gasteiger partial charge on any atom is -0.341 e. The average molecular weight is 380 g/mol. The van der Waals surface area contributed by atoms with Crippen molar-refractivity contribution in [3.05, 3.63) is 35.4 Å². The van der Waals surface area contributed by atoms with Gasteiger partial charge >= 0.3 is 0 Å². The van der Waals surface area contributed by atoms with Crippen molar-refractivity contribution in [2.45, 2.75) is 51.5 Å². The third-order valence-corrected chi connectivity index (χ3v) is 5.84. The van der Waals surface area contributed by atoms with E-state index in [2.05, 4.69) is 60.2 Å². The molecule has 0 radical (unpaired) electrons. The van der Waals surface area contributed by atoms with Gasteiger partial charge in [0.2, 0.25) is 5.91 Å². The van der Waals surface area contributed by atoms with E-state index in [0.29, 0.717) is 24.3 Å². The molecular weight excluding hydrogens is 346 g/mol. The predicted molar refractivity (Wildman–Crippen MR) is 110 cm³/mol. The van der Waals surface area contributed by atoms with Gasteiger partial charge in [-0.05, 0) is 29.4 Å². The van der Waals surface area contributed by atoms with E-state index in [4.69, 9.17) is 0 Å². The van der Waals surface area contributed by atoms with Crippen LogP contribution in [-0.4, -0.2) is 61.0 Å². The molecule has 5 heteroatoms. The highest BCUT2D eigenvalue weighted by Gasteiger charge is 2.31. The molecule has 0 saturated carbocycles. The number of carbonyl (C=O) groups excluding carboxylic acids is 1. The van der Waals surface area contributed by atoms with Gasteiger partial charge in [0.15, 0.2) is 0 Å². The second kappa shape index (κ2) is 9.72. The Morgan fingerprint density at radius 3 is 2.31 bits per heavy atom. The zero-order chi connectivity index (χ0) is 17.8. The molecule has 2 heterocycles. The van der Waals surface area contributed by atoms with E-state index in [1.807, 2.05) is 0 Å². The Hall–Kier alpha value is -1.10.